The lowest BCUT2D eigenvalue weighted by Crippen LogP contribution is -1.97. The first-order chi connectivity index (χ1) is 3.81. The Bertz CT molecular complexity index is 116. The zero-order valence-electron chi connectivity index (χ0n) is 4.89. The predicted molar refractivity (Wildman–Crippen MR) is 33.8 cm³/mol. The van der Waals surface area contributed by atoms with Gasteiger partial charge in [-0.05, 0) is 0 Å². The Kier molecular flexibility index (Phi) is 4.58. The summed E-state index contributed by atoms with van der Waals surface area (Å²) in [6.07, 6.45) is 0.417. The van der Waals surface area contributed by atoms with Crippen LogP contribution in [0.5, 0.6) is 0 Å². The number of hydrogen-bond donors (Lipinski definition) is 0. The van der Waals surface area contributed by atoms with Gasteiger partial charge in [-0.3, -0.25) is 4.21 Å². The van der Waals surface area contributed by atoms with Crippen LogP contribution in [-0.4, -0.2) is 15.7 Å². The Hall–Kier alpha value is -0.360. The fourth-order valence-electron chi connectivity index (χ4n) is 0.304. The monoisotopic (exact) mass is 131 g/mol. The quantitative estimate of drug-likeness (QED) is 0.564. The number of nitrogens with zero attached hydrogens (tertiary/aromatic N) is 1. The van der Waals surface area contributed by atoms with Gasteiger partial charge in [0.1, 0.15) is 0 Å². The third-order valence-corrected chi connectivity index (χ3v) is 2.07. The van der Waals surface area contributed by atoms with Gasteiger partial charge in [0.05, 0.1) is 6.07 Å². The van der Waals surface area contributed by atoms with Crippen molar-refractivity contribution in [1.29, 1.82) is 5.26 Å². The minimum absolute atomic E-state index is 0.417. The highest BCUT2D eigenvalue weighted by Gasteiger charge is 1.91. The van der Waals surface area contributed by atoms with Crippen molar-refractivity contribution in [2.75, 3.05) is 11.5 Å². The minimum atomic E-state index is -0.749. The smallest absolute Gasteiger partial charge is 0.0631 e. The van der Waals surface area contributed by atoms with Gasteiger partial charge in [0.25, 0.3) is 0 Å². The largest absolute Gasteiger partial charge is 0.260 e. The summed E-state index contributed by atoms with van der Waals surface area (Å²) in [4.78, 5) is 0. The van der Waals surface area contributed by atoms with Gasteiger partial charge >= 0.3 is 0 Å². The SMILES string of the molecule is CCS(=O)CCC#N. The van der Waals surface area contributed by atoms with E-state index < -0.39 is 10.8 Å². The van der Waals surface area contributed by atoms with E-state index in [1.165, 1.54) is 0 Å². The first kappa shape index (κ1) is 7.64. The van der Waals surface area contributed by atoms with Gasteiger partial charge in [-0.2, -0.15) is 5.26 Å². The van der Waals surface area contributed by atoms with Crippen molar-refractivity contribution in [3.63, 3.8) is 0 Å². The van der Waals surface area contributed by atoms with E-state index in [4.69, 9.17) is 5.26 Å². The minimum Gasteiger partial charge on any atom is -0.260 e. The Balaban J connectivity index is 3.15. The molecule has 0 amide bonds. The molecule has 0 radical (unpaired) electrons. The lowest BCUT2D eigenvalue weighted by Gasteiger charge is -1.88. The van der Waals surface area contributed by atoms with Gasteiger partial charge in [0, 0.05) is 28.7 Å². The molecule has 0 heterocycles. The summed E-state index contributed by atoms with van der Waals surface area (Å²) in [5.41, 5.74) is 0. The molecule has 0 aliphatic heterocycles. The molecule has 0 saturated carbocycles. The van der Waals surface area contributed by atoms with E-state index in [-0.39, 0.29) is 0 Å². The fraction of sp³-hybridized carbons (Fsp3) is 0.800. The summed E-state index contributed by atoms with van der Waals surface area (Å²) in [6.45, 7) is 1.85. The maximum atomic E-state index is 10.5. The summed E-state index contributed by atoms with van der Waals surface area (Å²) in [7, 11) is -0.749. The molecule has 1 atom stereocenters. The molecule has 3 heteroatoms. The standard InChI is InChI=1S/C5H9NOS/c1-2-8(7)5-3-4-6/h2-3,5H2,1H3. The third kappa shape index (κ3) is 3.82. The van der Waals surface area contributed by atoms with Crippen LogP contribution < -0.4 is 0 Å². The normalized spacial score (nSPS) is 12.5. The molecule has 0 aliphatic carbocycles. The molecule has 0 bridgehead atoms. The Morgan fingerprint density at radius 3 is 2.75 bits per heavy atom. The molecule has 0 aromatic rings. The van der Waals surface area contributed by atoms with Crippen LogP contribution in [0.4, 0.5) is 0 Å². The Morgan fingerprint density at radius 1 is 1.75 bits per heavy atom. The van der Waals surface area contributed by atoms with Crippen LogP contribution in [-0.2, 0) is 10.8 Å². The summed E-state index contributed by atoms with van der Waals surface area (Å²) >= 11 is 0. The first-order valence-corrected chi connectivity index (χ1v) is 4.02. The van der Waals surface area contributed by atoms with Crippen molar-refractivity contribution < 1.29 is 4.21 Å². The van der Waals surface area contributed by atoms with Crippen LogP contribution in [0.2, 0.25) is 0 Å². The van der Waals surface area contributed by atoms with Crippen LogP contribution in [0.3, 0.4) is 0 Å². The maximum absolute atomic E-state index is 10.5. The molecule has 0 spiro atoms. The predicted octanol–water partition coefficient (Wildman–Crippen LogP) is 0.669. The molecular weight excluding hydrogens is 122 g/mol. The highest BCUT2D eigenvalue weighted by molar-refractivity contribution is 7.84. The van der Waals surface area contributed by atoms with Gasteiger partial charge in [-0.25, -0.2) is 0 Å². The van der Waals surface area contributed by atoms with Crippen molar-refractivity contribution in [2.45, 2.75) is 13.3 Å². The lowest BCUT2D eigenvalue weighted by molar-refractivity contribution is 0.683. The zero-order valence-corrected chi connectivity index (χ0v) is 5.70. The molecule has 0 rings (SSSR count). The van der Waals surface area contributed by atoms with Crippen LogP contribution in [0, 0.1) is 11.3 Å². The van der Waals surface area contributed by atoms with Crippen LogP contribution in [0.15, 0.2) is 0 Å². The van der Waals surface area contributed by atoms with Crippen molar-refractivity contribution in [3.05, 3.63) is 0 Å². The van der Waals surface area contributed by atoms with E-state index >= 15 is 0 Å². The summed E-state index contributed by atoms with van der Waals surface area (Å²) in [5.74, 6) is 1.20. The van der Waals surface area contributed by atoms with E-state index in [0.717, 1.165) is 0 Å². The second kappa shape index (κ2) is 4.79. The van der Waals surface area contributed by atoms with Gasteiger partial charge in [-0.1, -0.05) is 6.92 Å². The lowest BCUT2D eigenvalue weighted by atomic mass is 10.6. The third-order valence-electron chi connectivity index (χ3n) is 0.764. The molecule has 46 valence electrons. The maximum Gasteiger partial charge on any atom is 0.0631 e. The summed E-state index contributed by atoms with van der Waals surface area (Å²) in [5, 5.41) is 8.03. The molecule has 0 N–H and O–H groups in total. The number of rotatable bonds is 3. The highest BCUT2D eigenvalue weighted by Crippen LogP contribution is 1.83. The molecular formula is C5H9NOS. The molecule has 0 aliphatic rings. The molecule has 0 aromatic carbocycles. The highest BCUT2D eigenvalue weighted by atomic mass is 32.2. The van der Waals surface area contributed by atoms with Crippen molar-refractivity contribution in [2.24, 2.45) is 0 Å². The molecule has 0 fully saturated rings. The van der Waals surface area contributed by atoms with Crippen LogP contribution >= 0.6 is 0 Å². The number of hydrogen-bond acceptors (Lipinski definition) is 2. The second-order valence-electron chi connectivity index (χ2n) is 1.34. The Labute approximate surface area is 52.0 Å². The van der Waals surface area contributed by atoms with E-state index in [9.17, 15) is 4.21 Å². The molecule has 0 aromatic heterocycles. The first-order valence-electron chi connectivity index (χ1n) is 2.53. The van der Waals surface area contributed by atoms with Crippen molar-refractivity contribution >= 4 is 10.8 Å². The second-order valence-corrected chi connectivity index (χ2v) is 3.21. The van der Waals surface area contributed by atoms with E-state index in [2.05, 4.69) is 0 Å². The van der Waals surface area contributed by atoms with E-state index in [1.54, 1.807) is 0 Å². The average molecular weight is 131 g/mol. The van der Waals surface area contributed by atoms with Gasteiger partial charge in [0.15, 0.2) is 0 Å². The van der Waals surface area contributed by atoms with Crippen LogP contribution in [0.25, 0.3) is 0 Å². The topological polar surface area (TPSA) is 40.9 Å². The molecule has 1 unspecified atom stereocenters. The van der Waals surface area contributed by atoms with Crippen molar-refractivity contribution in [3.8, 4) is 6.07 Å². The molecule has 0 saturated heterocycles. The van der Waals surface area contributed by atoms with Gasteiger partial charge < -0.3 is 0 Å². The van der Waals surface area contributed by atoms with Crippen LogP contribution in [0.1, 0.15) is 13.3 Å². The number of nitriles is 1. The molecule has 8 heavy (non-hydrogen) atoms. The zero-order chi connectivity index (χ0) is 6.41. The van der Waals surface area contributed by atoms with Gasteiger partial charge in [-0.15, -0.1) is 0 Å². The van der Waals surface area contributed by atoms with Crippen molar-refractivity contribution in [1.82, 2.24) is 0 Å². The fourth-order valence-corrected chi connectivity index (χ4v) is 0.911. The average Bonchev–Trinajstić information content (AvgIpc) is 1.83. The van der Waals surface area contributed by atoms with Gasteiger partial charge in [0.2, 0.25) is 0 Å². The molecule has 2 nitrogen and oxygen atoms in total. The summed E-state index contributed by atoms with van der Waals surface area (Å²) < 4.78 is 10.5. The van der Waals surface area contributed by atoms with E-state index in [1.807, 2.05) is 13.0 Å². The van der Waals surface area contributed by atoms with E-state index in [0.29, 0.717) is 17.9 Å². The Morgan fingerprint density at radius 2 is 2.38 bits per heavy atom. The summed E-state index contributed by atoms with van der Waals surface area (Å²) in [6, 6.07) is 1.94.